The number of benzene rings is 1. The Morgan fingerprint density at radius 2 is 2.00 bits per heavy atom. The molecule has 1 unspecified atom stereocenters. The van der Waals surface area contributed by atoms with Crippen molar-refractivity contribution in [2.24, 2.45) is 5.92 Å². The van der Waals surface area contributed by atoms with Crippen LogP contribution in [0.25, 0.3) is 0 Å². The zero-order chi connectivity index (χ0) is 15.3. The molecule has 7 heteroatoms. The second-order valence-corrected chi connectivity index (χ2v) is 6.28. The molecule has 110 valence electrons. The molecule has 0 saturated heterocycles. The number of rotatable bonds is 7. The van der Waals surface area contributed by atoms with E-state index in [1.54, 1.807) is 0 Å². The second kappa shape index (κ2) is 6.62. The summed E-state index contributed by atoms with van der Waals surface area (Å²) < 4.78 is 26.3. The zero-order valence-electron chi connectivity index (χ0n) is 11.3. The fraction of sp³-hybridized carbons (Fsp3) is 0.385. The standard InChI is InChI=1S/C13H17NO5S/c1-9(13(16)17)6-7-14-20(18,19)12-5-3-4-11(8-12)10(2)15/h3-5,8-9,14H,6-7H2,1-2H3,(H,16,17). The highest BCUT2D eigenvalue weighted by Crippen LogP contribution is 2.12. The number of carboxylic acid groups (broad SMARTS) is 1. The van der Waals surface area contributed by atoms with Gasteiger partial charge in [0.05, 0.1) is 10.8 Å². The van der Waals surface area contributed by atoms with Gasteiger partial charge in [0.25, 0.3) is 0 Å². The monoisotopic (exact) mass is 299 g/mol. The van der Waals surface area contributed by atoms with Crippen LogP contribution in [0.2, 0.25) is 0 Å². The van der Waals surface area contributed by atoms with Crippen molar-refractivity contribution in [3.05, 3.63) is 29.8 Å². The molecule has 1 aromatic carbocycles. The first-order valence-corrected chi connectivity index (χ1v) is 7.56. The van der Waals surface area contributed by atoms with Crippen LogP contribution < -0.4 is 4.72 Å². The molecule has 0 amide bonds. The Kier molecular flexibility index (Phi) is 5.41. The first-order valence-electron chi connectivity index (χ1n) is 6.07. The minimum absolute atomic E-state index is 0.00632. The van der Waals surface area contributed by atoms with Gasteiger partial charge in [-0.2, -0.15) is 0 Å². The maximum atomic E-state index is 12.0. The molecule has 1 rings (SSSR count). The molecule has 0 saturated carbocycles. The third-order valence-corrected chi connectivity index (χ3v) is 4.30. The van der Waals surface area contributed by atoms with Crippen LogP contribution >= 0.6 is 0 Å². The minimum atomic E-state index is -3.73. The van der Waals surface area contributed by atoms with Crippen molar-refractivity contribution in [2.75, 3.05) is 6.54 Å². The molecular weight excluding hydrogens is 282 g/mol. The van der Waals surface area contributed by atoms with Crippen LogP contribution in [0.15, 0.2) is 29.2 Å². The van der Waals surface area contributed by atoms with Gasteiger partial charge in [-0.3, -0.25) is 9.59 Å². The molecule has 1 aromatic rings. The number of nitrogens with one attached hydrogen (secondary N) is 1. The quantitative estimate of drug-likeness (QED) is 0.739. The van der Waals surface area contributed by atoms with Gasteiger partial charge in [-0.15, -0.1) is 0 Å². The highest BCUT2D eigenvalue weighted by molar-refractivity contribution is 7.89. The van der Waals surface area contributed by atoms with Crippen LogP contribution in [0.4, 0.5) is 0 Å². The molecule has 0 aliphatic rings. The largest absolute Gasteiger partial charge is 0.481 e. The van der Waals surface area contributed by atoms with Crippen LogP contribution in [0.1, 0.15) is 30.6 Å². The Hall–Kier alpha value is -1.73. The van der Waals surface area contributed by atoms with Gasteiger partial charge < -0.3 is 5.11 Å². The van der Waals surface area contributed by atoms with Gasteiger partial charge >= 0.3 is 5.97 Å². The van der Waals surface area contributed by atoms with Crippen molar-refractivity contribution >= 4 is 21.8 Å². The number of ketones is 1. The summed E-state index contributed by atoms with van der Waals surface area (Å²) in [5, 5.41) is 8.71. The van der Waals surface area contributed by atoms with E-state index in [9.17, 15) is 18.0 Å². The normalized spacial score (nSPS) is 12.9. The van der Waals surface area contributed by atoms with E-state index in [4.69, 9.17) is 5.11 Å². The van der Waals surface area contributed by atoms with Crippen LogP contribution in [-0.2, 0) is 14.8 Å². The number of hydrogen-bond donors (Lipinski definition) is 2. The Balaban J connectivity index is 2.76. The van der Waals surface area contributed by atoms with Crippen molar-refractivity contribution in [2.45, 2.75) is 25.2 Å². The minimum Gasteiger partial charge on any atom is -0.481 e. The zero-order valence-corrected chi connectivity index (χ0v) is 12.1. The molecule has 1 atom stereocenters. The van der Waals surface area contributed by atoms with Gasteiger partial charge in [0.2, 0.25) is 10.0 Å². The molecule has 0 fully saturated rings. The lowest BCUT2D eigenvalue weighted by molar-refractivity contribution is -0.141. The van der Waals surface area contributed by atoms with E-state index in [1.807, 2.05) is 0 Å². The topological polar surface area (TPSA) is 101 Å². The average Bonchev–Trinajstić information content (AvgIpc) is 2.38. The van der Waals surface area contributed by atoms with E-state index >= 15 is 0 Å². The smallest absolute Gasteiger partial charge is 0.306 e. The third kappa shape index (κ3) is 4.43. The molecule has 0 aromatic heterocycles. The van der Waals surface area contributed by atoms with Gasteiger partial charge in [-0.25, -0.2) is 13.1 Å². The fourth-order valence-electron chi connectivity index (χ4n) is 1.50. The van der Waals surface area contributed by atoms with Crippen molar-refractivity contribution in [1.82, 2.24) is 4.72 Å². The Morgan fingerprint density at radius 3 is 2.55 bits per heavy atom. The molecule has 20 heavy (non-hydrogen) atoms. The Labute approximate surface area is 117 Å². The van der Waals surface area contributed by atoms with Crippen LogP contribution in [0.5, 0.6) is 0 Å². The van der Waals surface area contributed by atoms with Crippen molar-refractivity contribution in [1.29, 1.82) is 0 Å². The molecule has 0 spiro atoms. The molecule has 2 N–H and O–H groups in total. The molecule has 0 aliphatic carbocycles. The summed E-state index contributed by atoms with van der Waals surface area (Å²) in [6.45, 7) is 2.89. The number of carbonyl (C=O) groups is 2. The molecule has 0 radical (unpaired) electrons. The van der Waals surface area contributed by atoms with E-state index in [0.29, 0.717) is 5.56 Å². The van der Waals surface area contributed by atoms with E-state index in [-0.39, 0.29) is 23.6 Å². The number of Topliss-reactive ketones (excluding diaryl/α,β-unsaturated/α-hetero) is 1. The van der Waals surface area contributed by atoms with Crippen molar-refractivity contribution in [3.63, 3.8) is 0 Å². The summed E-state index contributed by atoms with van der Waals surface area (Å²) in [4.78, 5) is 21.8. The summed E-state index contributed by atoms with van der Waals surface area (Å²) in [5.41, 5.74) is 0.312. The summed E-state index contributed by atoms with van der Waals surface area (Å²) in [7, 11) is -3.73. The maximum absolute atomic E-state index is 12.0. The number of carboxylic acids is 1. The predicted octanol–water partition coefficient (Wildman–Crippen LogP) is 1.28. The lowest BCUT2D eigenvalue weighted by Gasteiger charge is -2.09. The average molecular weight is 299 g/mol. The predicted molar refractivity (Wildman–Crippen MR) is 73.1 cm³/mol. The summed E-state index contributed by atoms with van der Waals surface area (Å²) >= 11 is 0. The highest BCUT2D eigenvalue weighted by atomic mass is 32.2. The number of hydrogen-bond acceptors (Lipinski definition) is 4. The summed E-state index contributed by atoms with van der Waals surface area (Å²) in [6, 6.07) is 5.71. The van der Waals surface area contributed by atoms with E-state index in [0.717, 1.165) is 0 Å². The van der Waals surface area contributed by atoms with Gasteiger partial charge in [-0.1, -0.05) is 19.1 Å². The fourth-order valence-corrected chi connectivity index (χ4v) is 2.59. The number of aliphatic carboxylic acids is 1. The van der Waals surface area contributed by atoms with Crippen LogP contribution in [-0.4, -0.2) is 31.8 Å². The highest BCUT2D eigenvalue weighted by Gasteiger charge is 2.17. The van der Waals surface area contributed by atoms with Crippen molar-refractivity contribution < 1.29 is 23.1 Å². The number of carbonyl (C=O) groups excluding carboxylic acids is 1. The molecule has 6 nitrogen and oxygen atoms in total. The molecule has 0 aliphatic heterocycles. The van der Waals surface area contributed by atoms with E-state index in [2.05, 4.69) is 4.72 Å². The van der Waals surface area contributed by atoms with E-state index in [1.165, 1.54) is 38.1 Å². The number of sulfonamides is 1. The van der Waals surface area contributed by atoms with Gasteiger partial charge in [0.15, 0.2) is 5.78 Å². The Morgan fingerprint density at radius 1 is 1.35 bits per heavy atom. The van der Waals surface area contributed by atoms with E-state index < -0.39 is 21.9 Å². The molecular formula is C13H17NO5S. The third-order valence-electron chi connectivity index (χ3n) is 2.84. The van der Waals surface area contributed by atoms with Crippen LogP contribution in [0, 0.1) is 5.92 Å². The maximum Gasteiger partial charge on any atom is 0.306 e. The first kappa shape index (κ1) is 16.3. The second-order valence-electron chi connectivity index (χ2n) is 4.51. The SMILES string of the molecule is CC(=O)c1cccc(S(=O)(=O)NCCC(C)C(=O)O)c1. The van der Waals surface area contributed by atoms with Gasteiger partial charge in [-0.05, 0) is 25.5 Å². The summed E-state index contributed by atoms with van der Waals surface area (Å²) in [6.07, 6.45) is 0.195. The first-order chi connectivity index (χ1) is 9.24. The van der Waals surface area contributed by atoms with Gasteiger partial charge in [0.1, 0.15) is 0 Å². The van der Waals surface area contributed by atoms with Gasteiger partial charge in [0, 0.05) is 12.1 Å². The lowest BCUT2D eigenvalue weighted by Crippen LogP contribution is -2.27. The van der Waals surface area contributed by atoms with Crippen LogP contribution in [0.3, 0.4) is 0 Å². The molecule has 0 heterocycles. The molecule has 0 bridgehead atoms. The van der Waals surface area contributed by atoms with Crippen molar-refractivity contribution in [3.8, 4) is 0 Å². The summed E-state index contributed by atoms with van der Waals surface area (Å²) in [5.74, 6) is -1.81. The lowest BCUT2D eigenvalue weighted by atomic mass is 10.1. The Bertz CT molecular complexity index is 609.